The number of benzene rings is 2. The first-order valence-electron chi connectivity index (χ1n) is 9.86. The average Bonchev–Trinajstić information content (AvgIpc) is 3.15. The van der Waals surface area contributed by atoms with E-state index in [1.807, 2.05) is 55.5 Å². The van der Waals surface area contributed by atoms with Crippen LogP contribution in [0.25, 0.3) is 0 Å². The Balaban J connectivity index is 1.65. The van der Waals surface area contributed by atoms with E-state index >= 15 is 0 Å². The molecule has 31 heavy (non-hydrogen) atoms. The molecule has 0 radical (unpaired) electrons. The van der Waals surface area contributed by atoms with Gasteiger partial charge in [0.25, 0.3) is 0 Å². The lowest BCUT2D eigenvalue weighted by molar-refractivity contribution is -0.128. The zero-order chi connectivity index (χ0) is 22.2. The second kappa shape index (κ2) is 10.7. The van der Waals surface area contributed by atoms with Gasteiger partial charge in [-0.05, 0) is 30.2 Å². The number of amides is 1. The van der Waals surface area contributed by atoms with Crippen molar-refractivity contribution in [3.63, 3.8) is 0 Å². The molecule has 3 aromatic rings. The van der Waals surface area contributed by atoms with Gasteiger partial charge in [-0.2, -0.15) is 0 Å². The van der Waals surface area contributed by atoms with Gasteiger partial charge in [-0.1, -0.05) is 48.2 Å². The minimum atomic E-state index is -0.295. The van der Waals surface area contributed by atoms with Crippen molar-refractivity contribution in [2.24, 2.45) is 0 Å². The van der Waals surface area contributed by atoms with Crippen LogP contribution in [0.5, 0.6) is 11.5 Å². The van der Waals surface area contributed by atoms with Crippen molar-refractivity contribution in [3.8, 4) is 11.5 Å². The van der Waals surface area contributed by atoms with Gasteiger partial charge in [-0.3, -0.25) is 9.36 Å². The minimum Gasteiger partial charge on any atom is -0.493 e. The lowest BCUT2D eigenvalue weighted by Gasteiger charge is -2.21. The van der Waals surface area contributed by atoms with Crippen LogP contribution in [-0.4, -0.2) is 52.1 Å². The van der Waals surface area contributed by atoms with E-state index in [0.29, 0.717) is 36.3 Å². The van der Waals surface area contributed by atoms with Crippen LogP contribution in [0, 0.1) is 0 Å². The van der Waals surface area contributed by atoms with Gasteiger partial charge >= 0.3 is 5.69 Å². The van der Waals surface area contributed by atoms with Crippen molar-refractivity contribution >= 4 is 17.7 Å². The molecule has 1 aromatic heterocycles. The molecule has 1 heterocycles. The number of rotatable bonds is 10. The Morgan fingerprint density at radius 3 is 2.52 bits per heavy atom. The van der Waals surface area contributed by atoms with Gasteiger partial charge in [0.2, 0.25) is 5.91 Å². The quantitative estimate of drug-likeness (QED) is 0.486. The predicted octanol–water partition coefficient (Wildman–Crippen LogP) is 2.78. The highest BCUT2D eigenvalue weighted by atomic mass is 32.2. The largest absolute Gasteiger partial charge is 0.493 e. The van der Waals surface area contributed by atoms with E-state index < -0.39 is 0 Å². The van der Waals surface area contributed by atoms with Gasteiger partial charge < -0.3 is 14.4 Å². The third kappa shape index (κ3) is 5.69. The lowest BCUT2D eigenvalue weighted by Crippen LogP contribution is -2.32. The smallest absolute Gasteiger partial charge is 0.344 e. The van der Waals surface area contributed by atoms with Gasteiger partial charge in [0, 0.05) is 13.1 Å². The molecule has 164 valence electrons. The van der Waals surface area contributed by atoms with Crippen LogP contribution in [0.15, 0.2) is 58.5 Å². The summed E-state index contributed by atoms with van der Waals surface area (Å²) in [5.74, 6) is 1.41. The molecule has 3 rings (SSSR count). The number of ether oxygens (including phenoxy) is 2. The first kappa shape index (κ1) is 22.5. The van der Waals surface area contributed by atoms with Gasteiger partial charge in [-0.25, -0.2) is 9.89 Å². The molecule has 9 heteroatoms. The molecule has 0 bridgehead atoms. The summed E-state index contributed by atoms with van der Waals surface area (Å²) in [5.41, 5.74) is 1.64. The second-order valence-electron chi connectivity index (χ2n) is 6.77. The van der Waals surface area contributed by atoms with E-state index in [2.05, 4.69) is 10.2 Å². The number of carbonyl (C=O) groups is 1. The number of nitrogens with zero attached hydrogens (tertiary/aromatic N) is 3. The van der Waals surface area contributed by atoms with E-state index in [1.54, 1.807) is 19.1 Å². The van der Waals surface area contributed by atoms with Crippen LogP contribution in [0.2, 0.25) is 0 Å². The summed E-state index contributed by atoms with van der Waals surface area (Å²) in [5, 5.41) is 7.05. The number of H-pyrrole nitrogens is 1. The Morgan fingerprint density at radius 2 is 1.84 bits per heavy atom. The Kier molecular flexibility index (Phi) is 7.77. The normalized spacial score (nSPS) is 10.7. The second-order valence-corrected chi connectivity index (χ2v) is 7.71. The third-order valence-electron chi connectivity index (χ3n) is 4.79. The van der Waals surface area contributed by atoms with E-state index in [9.17, 15) is 9.59 Å². The number of nitrogens with one attached hydrogen (secondary N) is 1. The summed E-state index contributed by atoms with van der Waals surface area (Å²) in [6, 6.07) is 15.3. The van der Waals surface area contributed by atoms with Crippen molar-refractivity contribution in [3.05, 3.63) is 70.1 Å². The zero-order valence-corrected chi connectivity index (χ0v) is 18.6. The van der Waals surface area contributed by atoms with E-state index in [4.69, 9.17) is 9.47 Å². The first-order chi connectivity index (χ1) is 15.0. The fourth-order valence-corrected chi connectivity index (χ4v) is 3.96. The monoisotopic (exact) mass is 442 g/mol. The maximum absolute atomic E-state index is 12.8. The highest BCUT2D eigenvalue weighted by Gasteiger charge is 2.17. The molecule has 1 N–H and O–H groups in total. The summed E-state index contributed by atoms with van der Waals surface area (Å²) in [6.45, 7) is 3.35. The maximum atomic E-state index is 12.8. The highest BCUT2D eigenvalue weighted by molar-refractivity contribution is 7.99. The Bertz CT molecular complexity index is 1060. The highest BCUT2D eigenvalue weighted by Crippen LogP contribution is 2.28. The molecule has 0 aliphatic rings. The van der Waals surface area contributed by atoms with Crippen molar-refractivity contribution in [2.75, 3.05) is 26.5 Å². The van der Waals surface area contributed by atoms with Crippen LogP contribution < -0.4 is 15.2 Å². The van der Waals surface area contributed by atoms with Gasteiger partial charge in [0.15, 0.2) is 16.7 Å². The molecule has 0 saturated heterocycles. The van der Waals surface area contributed by atoms with E-state index in [0.717, 1.165) is 11.1 Å². The molecular weight excluding hydrogens is 416 g/mol. The van der Waals surface area contributed by atoms with Gasteiger partial charge in [0.05, 0.1) is 26.5 Å². The number of aromatic nitrogens is 3. The van der Waals surface area contributed by atoms with Crippen LogP contribution in [0.3, 0.4) is 0 Å². The summed E-state index contributed by atoms with van der Waals surface area (Å²) in [4.78, 5) is 26.7. The average molecular weight is 443 g/mol. The maximum Gasteiger partial charge on any atom is 0.344 e. The summed E-state index contributed by atoms with van der Waals surface area (Å²) >= 11 is 1.25. The summed E-state index contributed by atoms with van der Waals surface area (Å²) < 4.78 is 12.2. The minimum absolute atomic E-state index is 0.0380. The molecular formula is C22H26N4O4S. The van der Waals surface area contributed by atoms with Gasteiger partial charge in [-0.15, -0.1) is 5.10 Å². The summed E-state index contributed by atoms with van der Waals surface area (Å²) in [6.07, 6.45) is 0. The molecule has 1 amide bonds. The zero-order valence-electron chi connectivity index (χ0n) is 17.8. The van der Waals surface area contributed by atoms with Crippen molar-refractivity contribution in [1.82, 2.24) is 19.7 Å². The van der Waals surface area contributed by atoms with Gasteiger partial charge in [0.1, 0.15) is 0 Å². The Hall–Kier alpha value is -3.20. The number of hydrogen-bond donors (Lipinski definition) is 1. The molecule has 0 aliphatic carbocycles. The SMILES string of the molecule is CCN(Cc1ccc(OC)c(OC)c1)C(=O)CSc1n[nH]c(=O)n1Cc1ccccc1. The number of methoxy groups -OCH3 is 2. The molecule has 0 fully saturated rings. The first-order valence-corrected chi connectivity index (χ1v) is 10.8. The number of carbonyl (C=O) groups excluding carboxylic acids is 1. The van der Waals surface area contributed by atoms with Crippen LogP contribution in [-0.2, 0) is 17.9 Å². The fourth-order valence-electron chi connectivity index (χ4n) is 3.11. The molecule has 0 unspecified atom stereocenters. The number of hydrogen-bond acceptors (Lipinski definition) is 6. The van der Waals surface area contributed by atoms with Crippen LogP contribution >= 0.6 is 11.8 Å². The molecule has 2 aromatic carbocycles. The van der Waals surface area contributed by atoms with Crippen molar-refractivity contribution in [2.45, 2.75) is 25.2 Å². The molecule has 0 atom stereocenters. The molecule has 0 saturated carbocycles. The standard InChI is InChI=1S/C22H26N4O4S/c1-4-25(13-17-10-11-18(29-2)19(12-17)30-3)20(27)15-31-22-24-23-21(28)26(22)14-16-8-6-5-7-9-16/h5-12H,4,13-15H2,1-3H3,(H,23,28). The number of aromatic amines is 1. The third-order valence-corrected chi connectivity index (χ3v) is 5.75. The van der Waals surface area contributed by atoms with Crippen molar-refractivity contribution in [1.29, 1.82) is 0 Å². The Labute approximate surface area is 185 Å². The van der Waals surface area contributed by atoms with E-state index in [-0.39, 0.29) is 17.3 Å². The molecule has 0 spiro atoms. The van der Waals surface area contributed by atoms with Crippen molar-refractivity contribution < 1.29 is 14.3 Å². The van der Waals surface area contributed by atoms with Crippen LogP contribution in [0.1, 0.15) is 18.1 Å². The number of thioether (sulfide) groups is 1. The predicted molar refractivity (Wildman–Crippen MR) is 120 cm³/mol. The lowest BCUT2D eigenvalue weighted by atomic mass is 10.2. The molecule has 0 aliphatic heterocycles. The Morgan fingerprint density at radius 1 is 1.10 bits per heavy atom. The molecule has 8 nitrogen and oxygen atoms in total. The summed E-state index contributed by atoms with van der Waals surface area (Å²) in [7, 11) is 3.17. The van der Waals surface area contributed by atoms with Crippen LogP contribution in [0.4, 0.5) is 0 Å². The van der Waals surface area contributed by atoms with E-state index in [1.165, 1.54) is 16.3 Å². The topological polar surface area (TPSA) is 89.5 Å². The fraction of sp³-hybridized carbons (Fsp3) is 0.318.